The summed E-state index contributed by atoms with van der Waals surface area (Å²) in [5.74, 6) is -0.161. The summed E-state index contributed by atoms with van der Waals surface area (Å²) in [7, 11) is 0. The second-order valence-corrected chi connectivity index (χ2v) is 5.83. The molecule has 1 aromatic rings. The predicted octanol–water partition coefficient (Wildman–Crippen LogP) is 3.15. The van der Waals surface area contributed by atoms with Crippen LogP contribution in [0.3, 0.4) is 0 Å². The van der Waals surface area contributed by atoms with E-state index >= 15 is 0 Å². The molecule has 0 fully saturated rings. The summed E-state index contributed by atoms with van der Waals surface area (Å²) in [6.07, 6.45) is 2.07. The van der Waals surface area contributed by atoms with E-state index in [1.54, 1.807) is 6.07 Å². The van der Waals surface area contributed by atoms with E-state index in [2.05, 4.69) is 17.2 Å². The van der Waals surface area contributed by atoms with Gasteiger partial charge in [0.05, 0.1) is 6.54 Å². The Morgan fingerprint density at radius 3 is 3.00 bits per heavy atom. The van der Waals surface area contributed by atoms with Crippen LogP contribution in [0.1, 0.15) is 24.5 Å². The van der Waals surface area contributed by atoms with Crippen LogP contribution in [0.5, 0.6) is 0 Å². The monoisotopic (exact) mass is 266 g/mol. The van der Waals surface area contributed by atoms with Crippen LogP contribution in [0.15, 0.2) is 23.2 Å². The highest BCUT2D eigenvalue weighted by molar-refractivity contribution is 8.14. The van der Waals surface area contributed by atoms with Crippen molar-refractivity contribution in [1.29, 1.82) is 0 Å². The Bertz CT molecular complexity index is 445. The summed E-state index contributed by atoms with van der Waals surface area (Å²) in [6.45, 7) is 5.93. The Kier molecular flexibility index (Phi) is 4.64. The lowest BCUT2D eigenvalue weighted by atomic mass is 10.1. The smallest absolute Gasteiger partial charge is 0.156 e. The third-order valence-electron chi connectivity index (χ3n) is 3.15. The lowest BCUT2D eigenvalue weighted by Crippen LogP contribution is -2.22. The SMILES string of the molecule is CCC1CN=C(NCCc2ccc(F)cc2C)S1. The number of benzene rings is 1. The van der Waals surface area contributed by atoms with Crippen LogP contribution >= 0.6 is 11.8 Å². The summed E-state index contributed by atoms with van der Waals surface area (Å²) < 4.78 is 13.0. The number of thioether (sulfide) groups is 1. The van der Waals surface area contributed by atoms with Crippen molar-refractivity contribution in [2.24, 2.45) is 4.99 Å². The Balaban J connectivity index is 1.79. The van der Waals surface area contributed by atoms with Gasteiger partial charge in [0.1, 0.15) is 5.82 Å². The van der Waals surface area contributed by atoms with Gasteiger partial charge in [-0.3, -0.25) is 4.99 Å². The van der Waals surface area contributed by atoms with E-state index in [0.717, 1.165) is 36.7 Å². The normalized spacial score (nSPS) is 18.8. The molecule has 1 unspecified atom stereocenters. The number of rotatable bonds is 4. The van der Waals surface area contributed by atoms with Crippen molar-refractivity contribution < 1.29 is 4.39 Å². The Morgan fingerprint density at radius 1 is 1.50 bits per heavy atom. The summed E-state index contributed by atoms with van der Waals surface area (Å²) >= 11 is 1.83. The lowest BCUT2D eigenvalue weighted by molar-refractivity contribution is 0.625. The summed E-state index contributed by atoms with van der Waals surface area (Å²) in [5, 5.41) is 5.05. The molecule has 0 aromatic heterocycles. The third kappa shape index (κ3) is 3.48. The summed E-state index contributed by atoms with van der Waals surface area (Å²) in [5.41, 5.74) is 2.21. The molecule has 0 saturated carbocycles. The second kappa shape index (κ2) is 6.23. The topological polar surface area (TPSA) is 24.4 Å². The fourth-order valence-electron chi connectivity index (χ4n) is 1.97. The Hall–Kier alpha value is -1.03. The molecular weight excluding hydrogens is 247 g/mol. The average Bonchev–Trinajstić information content (AvgIpc) is 2.80. The first-order valence-electron chi connectivity index (χ1n) is 6.39. The zero-order valence-electron chi connectivity index (χ0n) is 10.9. The third-order valence-corrected chi connectivity index (χ3v) is 4.46. The molecule has 1 atom stereocenters. The number of amidine groups is 1. The zero-order chi connectivity index (χ0) is 13.0. The minimum absolute atomic E-state index is 0.161. The first-order chi connectivity index (χ1) is 8.69. The van der Waals surface area contributed by atoms with Gasteiger partial charge < -0.3 is 5.32 Å². The highest BCUT2D eigenvalue weighted by atomic mass is 32.2. The van der Waals surface area contributed by atoms with Gasteiger partial charge in [0.25, 0.3) is 0 Å². The molecule has 0 bridgehead atoms. The molecule has 0 saturated heterocycles. The van der Waals surface area contributed by atoms with Crippen LogP contribution < -0.4 is 5.32 Å². The quantitative estimate of drug-likeness (QED) is 0.905. The fraction of sp³-hybridized carbons (Fsp3) is 0.500. The maximum Gasteiger partial charge on any atom is 0.156 e. The highest BCUT2D eigenvalue weighted by Crippen LogP contribution is 2.21. The molecule has 0 radical (unpaired) electrons. The molecule has 1 heterocycles. The van der Waals surface area contributed by atoms with E-state index in [9.17, 15) is 4.39 Å². The minimum Gasteiger partial charge on any atom is -0.365 e. The Labute approximate surface area is 112 Å². The molecule has 1 N–H and O–H groups in total. The van der Waals surface area contributed by atoms with Crippen molar-refractivity contribution in [2.45, 2.75) is 31.9 Å². The number of hydrogen-bond donors (Lipinski definition) is 1. The molecule has 1 aliphatic heterocycles. The number of aliphatic imine (C=N–C) groups is 1. The maximum atomic E-state index is 13.0. The Morgan fingerprint density at radius 2 is 2.33 bits per heavy atom. The summed E-state index contributed by atoms with van der Waals surface area (Å²) in [6, 6.07) is 4.98. The molecule has 1 aliphatic rings. The fourth-order valence-corrected chi connectivity index (χ4v) is 2.94. The number of aryl methyl sites for hydroxylation is 1. The molecule has 18 heavy (non-hydrogen) atoms. The van der Waals surface area contributed by atoms with Gasteiger partial charge >= 0.3 is 0 Å². The van der Waals surface area contributed by atoms with Crippen LogP contribution in [-0.4, -0.2) is 23.5 Å². The van der Waals surface area contributed by atoms with Crippen LogP contribution in [0, 0.1) is 12.7 Å². The van der Waals surface area contributed by atoms with Crippen LogP contribution in [0.4, 0.5) is 4.39 Å². The number of halogens is 1. The first-order valence-corrected chi connectivity index (χ1v) is 7.27. The zero-order valence-corrected chi connectivity index (χ0v) is 11.7. The number of hydrogen-bond acceptors (Lipinski definition) is 3. The maximum absolute atomic E-state index is 13.0. The van der Waals surface area contributed by atoms with E-state index in [1.807, 2.05) is 24.8 Å². The number of nitrogens with zero attached hydrogens (tertiary/aromatic N) is 1. The predicted molar refractivity (Wildman–Crippen MR) is 76.8 cm³/mol. The molecule has 0 amide bonds. The van der Waals surface area contributed by atoms with Gasteiger partial charge in [-0.2, -0.15) is 0 Å². The van der Waals surface area contributed by atoms with Gasteiger partial charge in [0.15, 0.2) is 5.17 Å². The largest absolute Gasteiger partial charge is 0.365 e. The van der Waals surface area contributed by atoms with Crippen LogP contribution in [0.25, 0.3) is 0 Å². The minimum atomic E-state index is -0.161. The van der Waals surface area contributed by atoms with Gasteiger partial charge in [0, 0.05) is 11.8 Å². The molecule has 98 valence electrons. The van der Waals surface area contributed by atoms with Crippen LogP contribution in [-0.2, 0) is 6.42 Å². The van der Waals surface area contributed by atoms with E-state index in [1.165, 1.54) is 11.6 Å². The number of nitrogens with one attached hydrogen (secondary N) is 1. The summed E-state index contributed by atoms with van der Waals surface area (Å²) in [4.78, 5) is 4.46. The van der Waals surface area contributed by atoms with Crippen molar-refractivity contribution in [3.63, 3.8) is 0 Å². The average molecular weight is 266 g/mol. The van der Waals surface area contributed by atoms with E-state index in [4.69, 9.17) is 0 Å². The second-order valence-electron chi connectivity index (χ2n) is 4.54. The van der Waals surface area contributed by atoms with Gasteiger partial charge in [-0.15, -0.1) is 0 Å². The molecular formula is C14H19FN2S. The molecule has 4 heteroatoms. The molecule has 2 nitrogen and oxygen atoms in total. The van der Waals surface area contributed by atoms with Gasteiger partial charge in [0.2, 0.25) is 0 Å². The van der Waals surface area contributed by atoms with E-state index < -0.39 is 0 Å². The van der Waals surface area contributed by atoms with E-state index in [-0.39, 0.29) is 5.82 Å². The van der Waals surface area contributed by atoms with Crippen molar-refractivity contribution >= 4 is 16.9 Å². The molecule has 0 aliphatic carbocycles. The van der Waals surface area contributed by atoms with E-state index in [0.29, 0.717) is 5.25 Å². The van der Waals surface area contributed by atoms with Crippen molar-refractivity contribution in [3.05, 3.63) is 35.1 Å². The van der Waals surface area contributed by atoms with Crippen molar-refractivity contribution in [1.82, 2.24) is 5.32 Å². The molecule has 0 spiro atoms. The molecule has 2 rings (SSSR count). The van der Waals surface area contributed by atoms with Gasteiger partial charge in [-0.25, -0.2) is 4.39 Å². The standard InChI is InChI=1S/C14H19FN2S/c1-3-13-9-17-14(18-13)16-7-6-11-4-5-12(15)8-10(11)2/h4-5,8,13H,3,6-7,9H2,1-2H3,(H,16,17). The molecule has 1 aromatic carbocycles. The van der Waals surface area contributed by atoms with Gasteiger partial charge in [-0.05, 0) is 43.0 Å². The van der Waals surface area contributed by atoms with Crippen molar-refractivity contribution in [2.75, 3.05) is 13.1 Å². The highest BCUT2D eigenvalue weighted by Gasteiger charge is 2.16. The van der Waals surface area contributed by atoms with Gasteiger partial charge in [-0.1, -0.05) is 24.8 Å². The van der Waals surface area contributed by atoms with Crippen LogP contribution in [0.2, 0.25) is 0 Å². The van der Waals surface area contributed by atoms with Crippen molar-refractivity contribution in [3.8, 4) is 0 Å². The first kappa shape index (κ1) is 13.4. The lowest BCUT2D eigenvalue weighted by Gasteiger charge is -2.09.